The lowest BCUT2D eigenvalue weighted by molar-refractivity contribution is 0.0292. The second-order valence-electron chi connectivity index (χ2n) is 11.6. The van der Waals surface area contributed by atoms with E-state index in [0.717, 1.165) is 15.8 Å². The number of amides is 1. The Balaban J connectivity index is 1.80. The Bertz CT molecular complexity index is 1250. The largest absolute Gasteiger partial charge is 0.444 e. The van der Waals surface area contributed by atoms with E-state index in [0.29, 0.717) is 49.1 Å². The van der Waals surface area contributed by atoms with Crippen LogP contribution in [-0.4, -0.2) is 77.1 Å². The molecule has 39 heavy (non-hydrogen) atoms. The molecule has 1 atom stereocenters. The van der Waals surface area contributed by atoms with Gasteiger partial charge in [0.05, 0.1) is 11.9 Å². The van der Waals surface area contributed by atoms with Gasteiger partial charge in [-0.15, -0.1) is 0 Å². The van der Waals surface area contributed by atoms with E-state index in [9.17, 15) is 13.2 Å². The molecule has 1 fully saturated rings. The number of nitrogens with two attached hydrogens (primary N) is 1. The lowest BCUT2D eigenvalue weighted by atomic mass is 10.1. The Hall–Kier alpha value is -2.26. The molecular weight excluding hydrogens is 562 g/mol. The van der Waals surface area contributed by atoms with Gasteiger partial charge in [-0.25, -0.2) is 21.9 Å². The van der Waals surface area contributed by atoms with Gasteiger partial charge in [0, 0.05) is 43.9 Å². The number of carbonyl (C=O) groups excluding carboxylic acids is 1. The van der Waals surface area contributed by atoms with E-state index in [4.69, 9.17) is 14.9 Å². The van der Waals surface area contributed by atoms with Crippen molar-refractivity contribution in [3.63, 3.8) is 0 Å². The van der Waals surface area contributed by atoms with E-state index in [1.807, 2.05) is 45.8 Å². The summed E-state index contributed by atoms with van der Waals surface area (Å²) in [6.45, 7) is 12.1. The quantitative estimate of drug-likeness (QED) is 0.242. The summed E-state index contributed by atoms with van der Waals surface area (Å²) < 4.78 is 59.0. The highest BCUT2D eigenvalue weighted by Crippen LogP contribution is 2.32. The first-order valence-corrected chi connectivity index (χ1v) is 18.4. The minimum atomic E-state index is -4.30. The number of ether oxygens (including phenoxy) is 2. The Labute approximate surface area is 236 Å². The molecule has 1 amide bonds. The van der Waals surface area contributed by atoms with Crippen LogP contribution in [-0.2, 0) is 19.5 Å². The summed E-state index contributed by atoms with van der Waals surface area (Å²) in [5.41, 5.74) is 0.852. The minimum absolute atomic E-state index is 0.0739. The second kappa shape index (κ2) is 12.1. The molecule has 2 aromatic rings. The van der Waals surface area contributed by atoms with Crippen molar-refractivity contribution in [1.29, 1.82) is 0 Å². The van der Waals surface area contributed by atoms with Gasteiger partial charge < -0.3 is 24.7 Å². The molecular formula is C25H40FN5O5S2Si. The molecule has 3 rings (SSSR count). The lowest BCUT2D eigenvalue weighted by Gasteiger charge is -2.30. The molecule has 0 aliphatic carbocycles. The summed E-state index contributed by atoms with van der Waals surface area (Å²) in [5, 5.41) is 7.71. The van der Waals surface area contributed by atoms with E-state index < -0.39 is 34.6 Å². The number of likely N-dealkylation sites (N-methyl/N-ethyl adjacent to an activating group) is 1. The first kappa shape index (κ1) is 31.3. The van der Waals surface area contributed by atoms with Crippen molar-refractivity contribution >= 4 is 47.3 Å². The lowest BCUT2D eigenvalue weighted by Crippen LogP contribution is -2.40. The number of hydrogen-bond acceptors (Lipinski definition) is 9. The van der Waals surface area contributed by atoms with Gasteiger partial charge in [0.2, 0.25) is 0 Å². The fourth-order valence-electron chi connectivity index (χ4n) is 4.18. The van der Waals surface area contributed by atoms with E-state index in [1.54, 1.807) is 17.2 Å². The monoisotopic (exact) mass is 601 g/mol. The van der Waals surface area contributed by atoms with Crippen LogP contribution in [0.15, 0.2) is 28.6 Å². The van der Waals surface area contributed by atoms with E-state index >= 15 is 4.39 Å². The number of halogens is 1. The normalized spacial score (nSPS) is 16.4. The number of rotatable bonds is 10. The van der Waals surface area contributed by atoms with Crippen LogP contribution >= 0.6 is 11.5 Å². The van der Waals surface area contributed by atoms with Crippen LogP contribution in [0.1, 0.15) is 32.8 Å². The third-order valence-electron chi connectivity index (χ3n) is 6.37. The fourth-order valence-corrected chi connectivity index (χ4v) is 6.90. The minimum Gasteiger partial charge on any atom is -0.444 e. The number of aryl methyl sites for hydroxylation is 1. The van der Waals surface area contributed by atoms with Crippen LogP contribution < -0.4 is 14.6 Å². The van der Waals surface area contributed by atoms with Crippen molar-refractivity contribution < 1.29 is 27.1 Å². The maximum atomic E-state index is 15.5. The number of likely N-dealkylation sites (tertiary alicyclic amines) is 1. The molecule has 1 aromatic carbocycles. The number of carbonyl (C=O) groups is 1. The first-order valence-electron chi connectivity index (χ1n) is 12.8. The van der Waals surface area contributed by atoms with Crippen molar-refractivity contribution in [2.24, 2.45) is 5.40 Å². The number of anilines is 2. The van der Waals surface area contributed by atoms with Gasteiger partial charge in [0.25, 0.3) is 10.0 Å². The van der Waals surface area contributed by atoms with Crippen LogP contribution in [0.25, 0.3) is 0 Å². The second-order valence-corrected chi connectivity index (χ2v) is 18.5. The zero-order valence-corrected chi connectivity index (χ0v) is 26.4. The van der Waals surface area contributed by atoms with Gasteiger partial charge >= 0.3 is 6.09 Å². The maximum Gasteiger partial charge on any atom is 0.410 e. The number of sulfonamides is 1. The molecule has 1 aliphatic rings. The summed E-state index contributed by atoms with van der Waals surface area (Å²) in [7, 11) is -4.35. The molecule has 2 N–H and O–H groups in total. The molecule has 2 heterocycles. The van der Waals surface area contributed by atoms with E-state index in [-0.39, 0.29) is 18.9 Å². The van der Waals surface area contributed by atoms with Crippen LogP contribution in [0.2, 0.25) is 19.1 Å². The molecule has 0 saturated carbocycles. The SMILES string of the molecule is Cc1cc(S(=O)(=O)N(COCC[Si](C)(C)N)c2cnsc2)c(F)cc1N(C)[C@H]1CCN(C(=O)OC(C)(C)C)C1. The summed E-state index contributed by atoms with van der Waals surface area (Å²) >= 11 is 1.09. The fraction of sp³-hybridized carbons (Fsp3) is 0.600. The number of hydrogen-bond donors (Lipinski definition) is 1. The van der Waals surface area contributed by atoms with Crippen LogP contribution in [0.3, 0.4) is 0 Å². The predicted octanol–water partition coefficient (Wildman–Crippen LogP) is 4.37. The summed E-state index contributed by atoms with van der Waals surface area (Å²) in [6.07, 6.45) is 1.71. The van der Waals surface area contributed by atoms with Gasteiger partial charge in [-0.05, 0) is 69.4 Å². The number of benzene rings is 1. The molecule has 0 unspecified atom stereocenters. The highest BCUT2D eigenvalue weighted by molar-refractivity contribution is 7.92. The Kier molecular flexibility index (Phi) is 9.69. The molecule has 0 bridgehead atoms. The van der Waals surface area contributed by atoms with Gasteiger partial charge in [-0.3, -0.25) is 0 Å². The molecule has 1 saturated heterocycles. The first-order chi connectivity index (χ1) is 18.0. The van der Waals surface area contributed by atoms with Gasteiger partial charge in [-0.1, -0.05) is 13.1 Å². The van der Waals surface area contributed by atoms with Crippen molar-refractivity contribution in [1.82, 2.24) is 9.27 Å². The third-order valence-corrected chi connectivity index (χ3v) is 10.2. The van der Waals surface area contributed by atoms with Crippen molar-refractivity contribution in [3.05, 3.63) is 35.1 Å². The van der Waals surface area contributed by atoms with Gasteiger partial charge in [0.1, 0.15) is 31.3 Å². The number of aromatic nitrogens is 1. The van der Waals surface area contributed by atoms with E-state index in [1.165, 1.54) is 18.3 Å². The molecule has 1 aromatic heterocycles. The third kappa shape index (κ3) is 8.13. The topological polar surface area (TPSA) is 118 Å². The van der Waals surface area contributed by atoms with Crippen LogP contribution in [0.5, 0.6) is 0 Å². The molecule has 10 nitrogen and oxygen atoms in total. The molecule has 14 heteroatoms. The van der Waals surface area contributed by atoms with E-state index in [2.05, 4.69) is 4.37 Å². The maximum absolute atomic E-state index is 15.5. The van der Waals surface area contributed by atoms with Gasteiger partial charge in [0.15, 0.2) is 0 Å². The highest BCUT2D eigenvalue weighted by Gasteiger charge is 2.34. The van der Waals surface area contributed by atoms with Crippen molar-refractivity contribution in [3.8, 4) is 0 Å². The van der Waals surface area contributed by atoms with Crippen molar-refractivity contribution in [2.75, 3.05) is 42.7 Å². The smallest absolute Gasteiger partial charge is 0.410 e. The van der Waals surface area contributed by atoms with Crippen LogP contribution in [0, 0.1) is 12.7 Å². The molecule has 1 aliphatic heterocycles. The standard InChI is InChI=1S/C25H40FN5O5S2Si/c1-18-12-23(38(33,34)31(20-14-28-37-16-20)17-35-10-11-39(6,7)27)21(26)13-22(18)29(5)19-8-9-30(15-19)24(32)36-25(2,3)4/h12-14,16,19H,8-11,15,17,27H2,1-7H3/t19-/m0/s1. The molecule has 0 radical (unpaired) electrons. The van der Waals surface area contributed by atoms with Gasteiger partial charge in [-0.2, -0.15) is 4.37 Å². The predicted molar refractivity (Wildman–Crippen MR) is 155 cm³/mol. The molecule has 218 valence electrons. The van der Waals surface area contributed by atoms with Crippen LogP contribution in [0.4, 0.5) is 20.6 Å². The number of nitrogens with zero attached hydrogens (tertiary/aromatic N) is 4. The summed E-state index contributed by atoms with van der Waals surface area (Å²) in [6, 6.07) is 3.17. The average molecular weight is 602 g/mol. The summed E-state index contributed by atoms with van der Waals surface area (Å²) in [4.78, 5) is 15.6. The molecule has 0 spiro atoms. The Morgan fingerprint density at radius 2 is 2.03 bits per heavy atom. The zero-order valence-electron chi connectivity index (χ0n) is 23.7. The van der Waals surface area contributed by atoms with Crippen molar-refractivity contribution in [2.45, 2.75) is 69.8 Å². The Morgan fingerprint density at radius 1 is 1.33 bits per heavy atom. The average Bonchev–Trinajstić information content (AvgIpc) is 3.50. The highest BCUT2D eigenvalue weighted by atomic mass is 32.2. The zero-order chi connectivity index (χ0) is 29.2. The Morgan fingerprint density at radius 3 is 2.62 bits per heavy atom. The summed E-state index contributed by atoms with van der Waals surface area (Å²) in [5.74, 6) is -0.867.